The number of benzene rings is 1. The fourth-order valence-electron chi connectivity index (χ4n) is 3.18. The number of alkyl halides is 2. The molecule has 0 saturated heterocycles. The Kier molecular flexibility index (Phi) is 2.87. The van der Waals surface area contributed by atoms with Gasteiger partial charge in [-0.05, 0) is 48.2 Å². The Morgan fingerprint density at radius 3 is 2.72 bits per heavy atom. The molecule has 3 rings (SSSR count). The Hall–Kier alpha value is -1.00. The molecule has 1 unspecified atom stereocenters. The van der Waals surface area contributed by atoms with Gasteiger partial charge in [-0.3, -0.25) is 0 Å². The maximum atomic E-state index is 13.9. The molecule has 0 aromatic heterocycles. The minimum Gasteiger partial charge on any atom is -0.370 e. The van der Waals surface area contributed by atoms with Crippen molar-refractivity contribution in [1.82, 2.24) is 5.32 Å². The van der Waals surface area contributed by atoms with E-state index in [-0.39, 0.29) is 6.42 Å². The van der Waals surface area contributed by atoms with Crippen molar-refractivity contribution in [3.63, 3.8) is 0 Å². The van der Waals surface area contributed by atoms with Crippen LogP contribution in [-0.2, 0) is 24.0 Å². The molecule has 0 bridgehead atoms. The van der Waals surface area contributed by atoms with Crippen LogP contribution in [0.2, 0.25) is 0 Å². The number of methoxy groups -OCH3 is 1. The van der Waals surface area contributed by atoms with E-state index in [0.29, 0.717) is 0 Å². The number of halogens is 2. The van der Waals surface area contributed by atoms with Gasteiger partial charge in [0.25, 0.3) is 5.92 Å². The summed E-state index contributed by atoms with van der Waals surface area (Å²) in [5.41, 5.74) is 3.79. The summed E-state index contributed by atoms with van der Waals surface area (Å²) < 4.78 is 33.0. The Balaban J connectivity index is 2.13. The van der Waals surface area contributed by atoms with Crippen molar-refractivity contribution >= 4 is 0 Å². The summed E-state index contributed by atoms with van der Waals surface area (Å²) in [5, 5.41) is 3.31. The molecule has 2 nitrogen and oxygen atoms in total. The van der Waals surface area contributed by atoms with E-state index in [1.807, 2.05) is 12.1 Å². The van der Waals surface area contributed by atoms with Crippen molar-refractivity contribution in [3.8, 4) is 0 Å². The summed E-state index contributed by atoms with van der Waals surface area (Å²) in [6.45, 7) is 1.77. The van der Waals surface area contributed by atoms with Gasteiger partial charge in [0.2, 0.25) is 0 Å². The molecule has 18 heavy (non-hydrogen) atoms. The molecule has 1 aromatic carbocycles. The number of rotatable bonds is 1. The van der Waals surface area contributed by atoms with Gasteiger partial charge < -0.3 is 10.1 Å². The van der Waals surface area contributed by atoms with E-state index in [9.17, 15) is 8.78 Å². The largest absolute Gasteiger partial charge is 0.370 e. The maximum absolute atomic E-state index is 13.9. The highest BCUT2D eigenvalue weighted by Gasteiger charge is 2.49. The first-order chi connectivity index (χ1) is 8.63. The first-order valence-electron chi connectivity index (χ1n) is 6.38. The normalized spacial score (nSPS) is 25.4. The lowest BCUT2D eigenvalue weighted by Crippen LogP contribution is -2.24. The van der Waals surface area contributed by atoms with Crippen molar-refractivity contribution in [2.75, 3.05) is 20.2 Å². The fourth-order valence-corrected chi connectivity index (χ4v) is 3.18. The van der Waals surface area contributed by atoms with Gasteiger partial charge in [0, 0.05) is 13.5 Å². The lowest BCUT2D eigenvalue weighted by Gasteiger charge is -2.20. The van der Waals surface area contributed by atoms with Crippen molar-refractivity contribution < 1.29 is 13.5 Å². The van der Waals surface area contributed by atoms with Crippen LogP contribution in [0.1, 0.15) is 28.4 Å². The zero-order valence-electron chi connectivity index (χ0n) is 10.4. The third-order valence-electron chi connectivity index (χ3n) is 3.97. The Bertz CT molecular complexity index is 473. The van der Waals surface area contributed by atoms with Crippen molar-refractivity contribution in [3.05, 3.63) is 34.4 Å². The topological polar surface area (TPSA) is 21.3 Å². The molecule has 0 fully saturated rings. The van der Waals surface area contributed by atoms with Gasteiger partial charge in [-0.2, -0.15) is 0 Å². The second-order valence-corrected chi connectivity index (χ2v) is 5.08. The van der Waals surface area contributed by atoms with Gasteiger partial charge in [0.1, 0.15) is 6.10 Å². The highest BCUT2D eigenvalue weighted by molar-refractivity contribution is 5.48. The fraction of sp³-hybridized carbons (Fsp3) is 0.571. The van der Waals surface area contributed by atoms with Crippen LogP contribution in [0.15, 0.2) is 12.1 Å². The summed E-state index contributed by atoms with van der Waals surface area (Å²) in [4.78, 5) is 0. The van der Waals surface area contributed by atoms with E-state index >= 15 is 0 Å². The van der Waals surface area contributed by atoms with Crippen molar-refractivity contribution in [1.29, 1.82) is 0 Å². The number of hydrogen-bond donors (Lipinski definition) is 1. The second-order valence-electron chi connectivity index (χ2n) is 5.08. The smallest absolute Gasteiger partial charge is 0.281 e. The van der Waals surface area contributed by atoms with E-state index in [1.165, 1.54) is 12.7 Å². The van der Waals surface area contributed by atoms with Gasteiger partial charge in [0.05, 0.1) is 0 Å². The molecule has 2 aliphatic rings. The summed E-state index contributed by atoms with van der Waals surface area (Å²) in [6.07, 6.45) is 0.459. The molecule has 1 aliphatic heterocycles. The SMILES string of the molecule is COC1c2c(ccc3c2CCNCC3)CC1(F)F. The van der Waals surface area contributed by atoms with Crippen LogP contribution in [0.4, 0.5) is 8.78 Å². The number of ether oxygens (including phenoxy) is 1. The van der Waals surface area contributed by atoms with Gasteiger partial charge >= 0.3 is 0 Å². The van der Waals surface area contributed by atoms with Crippen LogP contribution < -0.4 is 5.32 Å². The predicted molar refractivity (Wildman–Crippen MR) is 65.1 cm³/mol. The van der Waals surface area contributed by atoms with E-state index in [4.69, 9.17) is 4.74 Å². The van der Waals surface area contributed by atoms with Crippen LogP contribution in [0.5, 0.6) is 0 Å². The summed E-state index contributed by atoms with van der Waals surface area (Å²) >= 11 is 0. The third-order valence-corrected chi connectivity index (χ3v) is 3.97. The summed E-state index contributed by atoms with van der Waals surface area (Å²) in [6, 6.07) is 3.86. The molecule has 0 amide bonds. The van der Waals surface area contributed by atoms with Gasteiger partial charge in [0.15, 0.2) is 0 Å². The van der Waals surface area contributed by atoms with Gasteiger partial charge in [-0.1, -0.05) is 12.1 Å². The van der Waals surface area contributed by atoms with Crippen LogP contribution in [0.3, 0.4) is 0 Å². The standard InChI is InChI=1S/C14H17F2NO/c1-18-13-12-10(8-14(13,15)16)3-2-9-4-6-17-7-5-11(9)12/h2-3,13,17H,4-8H2,1H3. The monoisotopic (exact) mass is 253 g/mol. The predicted octanol–water partition coefficient (Wildman–Crippen LogP) is 2.25. The first kappa shape index (κ1) is 12.1. The number of hydrogen-bond acceptors (Lipinski definition) is 2. The zero-order valence-corrected chi connectivity index (χ0v) is 10.4. The highest BCUT2D eigenvalue weighted by Crippen LogP contribution is 2.47. The van der Waals surface area contributed by atoms with Crippen LogP contribution in [-0.4, -0.2) is 26.1 Å². The molecule has 1 N–H and O–H groups in total. The molecule has 0 saturated carbocycles. The molecular weight excluding hydrogens is 236 g/mol. The third kappa shape index (κ3) is 1.75. The quantitative estimate of drug-likeness (QED) is 0.829. The highest BCUT2D eigenvalue weighted by atomic mass is 19.3. The molecular formula is C14H17F2NO. The minimum atomic E-state index is -2.77. The number of nitrogens with one attached hydrogen (secondary N) is 1. The Labute approximate surface area is 105 Å². The van der Waals surface area contributed by atoms with Gasteiger partial charge in [-0.25, -0.2) is 8.78 Å². The van der Waals surface area contributed by atoms with Crippen molar-refractivity contribution in [2.45, 2.75) is 31.3 Å². The maximum Gasteiger partial charge on any atom is 0.281 e. The van der Waals surface area contributed by atoms with E-state index in [1.54, 1.807) is 0 Å². The molecule has 0 spiro atoms. The van der Waals surface area contributed by atoms with E-state index in [0.717, 1.165) is 42.6 Å². The van der Waals surface area contributed by atoms with Crippen LogP contribution in [0.25, 0.3) is 0 Å². The minimum absolute atomic E-state index is 0.193. The molecule has 1 heterocycles. The average molecular weight is 253 g/mol. The van der Waals surface area contributed by atoms with Gasteiger partial charge in [-0.15, -0.1) is 0 Å². The summed E-state index contributed by atoms with van der Waals surface area (Å²) in [7, 11) is 1.38. The summed E-state index contributed by atoms with van der Waals surface area (Å²) in [5.74, 6) is -2.77. The van der Waals surface area contributed by atoms with Crippen molar-refractivity contribution in [2.24, 2.45) is 0 Å². The van der Waals surface area contributed by atoms with Crippen LogP contribution >= 0.6 is 0 Å². The number of fused-ring (bicyclic) bond motifs is 3. The molecule has 1 aliphatic carbocycles. The average Bonchev–Trinajstić information content (AvgIpc) is 2.51. The molecule has 98 valence electrons. The lowest BCUT2D eigenvalue weighted by molar-refractivity contribution is -0.114. The molecule has 1 aromatic rings. The lowest BCUT2D eigenvalue weighted by atomic mass is 9.93. The Morgan fingerprint density at radius 2 is 1.94 bits per heavy atom. The molecule has 4 heteroatoms. The van der Waals surface area contributed by atoms with E-state index < -0.39 is 12.0 Å². The molecule has 0 radical (unpaired) electrons. The molecule has 1 atom stereocenters. The first-order valence-corrected chi connectivity index (χ1v) is 6.38. The second kappa shape index (κ2) is 4.28. The zero-order chi connectivity index (χ0) is 12.8. The van der Waals surface area contributed by atoms with Crippen LogP contribution in [0, 0.1) is 0 Å². The van der Waals surface area contributed by atoms with E-state index in [2.05, 4.69) is 5.32 Å². The Morgan fingerprint density at radius 1 is 1.22 bits per heavy atom.